The second-order valence-corrected chi connectivity index (χ2v) is 4.97. The van der Waals surface area contributed by atoms with Crippen LogP contribution in [0.3, 0.4) is 0 Å². The lowest BCUT2D eigenvalue weighted by molar-refractivity contribution is -0.122. The lowest BCUT2D eigenvalue weighted by atomic mass is 10.2. The van der Waals surface area contributed by atoms with Gasteiger partial charge in [0.1, 0.15) is 6.54 Å². The Kier molecular flexibility index (Phi) is 6.80. The smallest absolute Gasteiger partial charge is 0.360 e. The molecule has 0 spiro atoms. The fourth-order valence-electron chi connectivity index (χ4n) is 1.67. The van der Waals surface area contributed by atoms with Crippen LogP contribution in [-0.4, -0.2) is 54.2 Å². The Hall–Kier alpha value is -1.96. The molecule has 0 radical (unpaired) electrons. The number of ether oxygens (including phenoxy) is 2. The van der Waals surface area contributed by atoms with E-state index in [-0.39, 0.29) is 18.1 Å². The molecular weight excluding hydrogens is 276 g/mol. The zero-order valence-electron chi connectivity index (χ0n) is 12.9. The summed E-state index contributed by atoms with van der Waals surface area (Å²) in [6.07, 6.45) is 0.422. The molecule has 0 aliphatic heterocycles. The molecule has 0 saturated heterocycles. The van der Waals surface area contributed by atoms with Crippen molar-refractivity contribution in [1.82, 2.24) is 20.3 Å². The Morgan fingerprint density at radius 1 is 1.33 bits per heavy atom. The van der Waals surface area contributed by atoms with E-state index in [1.54, 1.807) is 7.11 Å². The number of nitrogens with one attached hydrogen (secondary N) is 1. The van der Waals surface area contributed by atoms with Crippen LogP contribution in [0.15, 0.2) is 0 Å². The minimum atomic E-state index is -0.574. The lowest BCUT2D eigenvalue weighted by Gasteiger charge is -2.09. The summed E-state index contributed by atoms with van der Waals surface area (Å²) in [5, 5.41) is 10.4. The number of esters is 1. The minimum Gasteiger partial charge on any atom is -0.464 e. The van der Waals surface area contributed by atoms with E-state index in [1.165, 1.54) is 11.8 Å². The quantitative estimate of drug-likeness (QED) is 0.680. The van der Waals surface area contributed by atoms with Crippen LogP contribution in [-0.2, 0) is 27.2 Å². The largest absolute Gasteiger partial charge is 0.464 e. The second kappa shape index (κ2) is 8.35. The van der Waals surface area contributed by atoms with Crippen molar-refractivity contribution in [3.8, 4) is 0 Å². The van der Waals surface area contributed by atoms with Crippen molar-refractivity contribution in [2.45, 2.75) is 26.8 Å². The molecule has 8 nitrogen and oxygen atoms in total. The molecule has 1 aromatic heterocycles. The number of methoxy groups -OCH3 is 2. The Balaban J connectivity index is 2.83. The first-order valence-corrected chi connectivity index (χ1v) is 6.75. The molecule has 0 fully saturated rings. The van der Waals surface area contributed by atoms with Crippen LogP contribution in [0.5, 0.6) is 0 Å². The van der Waals surface area contributed by atoms with Gasteiger partial charge in [-0.1, -0.05) is 19.1 Å². The Morgan fingerprint density at radius 2 is 2.05 bits per heavy atom. The Bertz CT molecular complexity index is 485. The van der Waals surface area contributed by atoms with Gasteiger partial charge in [0, 0.05) is 20.1 Å². The molecule has 1 heterocycles. The molecular formula is C13H22N4O4. The second-order valence-electron chi connectivity index (χ2n) is 4.97. The van der Waals surface area contributed by atoms with Crippen LogP contribution in [0.4, 0.5) is 0 Å². The number of hydrogen-bond donors (Lipinski definition) is 1. The van der Waals surface area contributed by atoms with E-state index in [0.717, 1.165) is 0 Å². The number of hydrogen-bond acceptors (Lipinski definition) is 6. The predicted molar refractivity (Wildman–Crippen MR) is 74.8 cm³/mol. The highest BCUT2D eigenvalue weighted by atomic mass is 16.5. The summed E-state index contributed by atoms with van der Waals surface area (Å²) in [5.74, 6) is -0.387. The first-order valence-electron chi connectivity index (χ1n) is 6.75. The number of carbonyl (C=O) groups is 2. The summed E-state index contributed by atoms with van der Waals surface area (Å²) in [7, 11) is 2.83. The van der Waals surface area contributed by atoms with Crippen LogP contribution in [0, 0.1) is 5.92 Å². The Labute approximate surface area is 123 Å². The van der Waals surface area contributed by atoms with Gasteiger partial charge >= 0.3 is 5.97 Å². The molecule has 0 unspecified atom stereocenters. The van der Waals surface area contributed by atoms with Gasteiger partial charge in [-0.25, -0.2) is 9.48 Å². The van der Waals surface area contributed by atoms with Crippen LogP contribution < -0.4 is 5.32 Å². The minimum absolute atomic E-state index is 0.00968. The van der Waals surface area contributed by atoms with Gasteiger partial charge in [0.25, 0.3) is 0 Å². The third kappa shape index (κ3) is 5.14. The summed E-state index contributed by atoms with van der Waals surface area (Å²) < 4.78 is 11.1. The van der Waals surface area contributed by atoms with Crippen LogP contribution >= 0.6 is 0 Å². The highest BCUT2D eigenvalue weighted by Crippen LogP contribution is 2.08. The first-order chi connectivity index (χ1) is 9.99. The zero-order valence-corrected chi connectivity index (χ0v) is 12.9. The first kappa shape index (κ1) is 17.1. The summed E-state index contributed by atoms with van der Waals surface area (Å²) in [4.78, 5) is 23.5. The molecule has 21 heavy (non-hydrogen) atoms. The number of carbonyl (C=O) groups excluding carboxylic acids is 2. The van der Waals surface area contributed by atoms with Gasteiger partial charge in [-0.05, 0) is 5.92 Å². The van der Waals surface area contributed by atoms with Gasteiger partial charge in [0.2, 0.25) is 5.91 Å². The molecule has 0 bridgehead atoms. The van der Waals surface area contributed by atoms with E-state index in [1.807, 2.05) is 13.8 Å². The van der Waals surface area contributed by atoms with Crippen LogP contribution in [0.25, 0.3) is 0 Å². The summed E-state index contributed by atoms with van der Waals surface area (Å²) in [6.45, 7) is 5.01. The molecule has 1 aromatic rings. The van der Waals surface area contributed by atoms with E-state index in [9.17, 15) is 9.59 Å². The van der Waals surface area contributed by atoms with Gasteiger partial charge in [0.05, 0.1) is 19.4 Å². The van der Waals surface area contributed by atoms with Crippen LogP contribution in [0.1, 0.15) is 30.0 Å². The van der Waals surface area contributed by atoms with Crippen molar-refractivity contribution in [1.29, 1.82) is 0 Å². The fraction of sp³-hybridized carbons (Fsp3) is 0.692. The standard InChI is InChI=1S/C13H22N4O4/c1-9(2)7-14-11(18)8-17-10(5-6-20-3)12(15-16-17)13(19)21-4/h9H,5-8H2,1-4H3,(H,14,18). The van der Waals surface area contributed by atoms with Crippen molar-refractivity contribution in [3.63, 3.8) is 0 Å². The monoisotopic (exact) mass is 298 g/mol. The van der Waals surface area contributed by atoms with Gasteiger partial charge in [-0.15, -0.1) is 5.10 Å². The SMILES string of the molecule is COCCc1c(C(=O)OC)nnn1CC(=O)NCC(C)C. The molecule has 1 rings (SSSR count). The average Bonchev–Trinajstić information content (AvgIpc) is 2.84. The highest BCUT2D eigenvalue weighted by molar-refractivity contribution is 5.88. The van der Waals surface area contributed by atoms with Gasteiger partial charge < -0.3 is 14.8 Å². The third-order valence-corrected chi connectivity index (χ3v) is 2.76. The summed E-state index contributed by atoms with van der Waals surface area (Å²) in [6, 6.07) is 0. The maximum atomic E-state index is 11.8. The van der Waals surface area contributed by atoms with E-state index >= 15 is 0 Å². The van der Waals surface area contributed by atoms with Gasteiger partial charge in [-0.3, -0.25) is 4.79 Å². The number of amides is 1. The topological polar surface area (TPSA) is 95.3 Å². The van der Waals surface area contributed by atoms with Crippen molar-refractivity contribution in [2.24, 2.45) is 5.92 Å². The van der Waals surface area contributed by atoms with Crippen molar-refractivity contribution in [2.75, 3.05) is 27.4 Å². The summed E-state index contributed by atoms with van der Waals surface area (Å²) >= 11 is 0. The van der Waals surface area contributed by atoms with Crippen LogP contribution in [0.2, 0.25) is 0 Å². The molecule has 0 atom stereocenters. The zero-order chi connectivity index (χ0) is 15.8. The molecule has 1 N–H and O–H groups in total. The maximum absolute atomic E-state index is 11.8. The molecule has 1 amide bonds. The number of rotatable bonds is 8. The van der Waals surface area contributed by atoms with E-state index in [0.29, 0.717) is 31.2 Å². The average molecular weight is 298 g/mol. The third-order valence-electron chi connectivity index (χ3n) is 2.76. The number of aromatic nitrogens is 3. The fourth-order valence-corrected chi connectivity index (χ4v) is 1.67. The van der Waals surface area contributed by atoms with Gasteiger partial charge in [-0.2, -0.15) is 0 Å². The van der Waals surface area contributed by atoms with E-state index < -0.39 is 5.97 Å². The Morgan fingerprint density at radius 3 is 2.62 bits per heavy atom. The number of nitrogens with zero attached hydrogens (tertiary/aromatic N) is 3. The molecule has 118 valence electrons. The molecule has 0 aromatic carbocycles. The lowest BCUT2D eigenvalue weighted by Crippen LogP contribution is -2.31. The van der Waals surface area contributed by atoms with Crippen molar-refractivity contribution >= 4 is 11.9 Å². The normalized spacial score (nSPS) is 10.7. The van der Waals surface area contributed by atoms with Crippen molar-refractivity contribution in [3.05, 3.63) is 11.4 Å². The predicted octanol–water partition coefficient (Wildman–Crippen LogP) is 0.0258. The summed E-state index contributed by atoms with van der Waals surface area (Å²) in [5.41, 5.74) is 0.648. The van der Waals surface area contributed by atoms with Gasteiger partial charge in [0.15, 0.2) is 5.69 Å². The molecule has 0 aliphatic rings. The molecule has 8 heteroatoms. The van der Waals surface area contributed by atoms with E-state index in [4.69, 9.17) is 4.74 Å². The van der Waals surface area contributed by atoms with Crippen molar-refractivity contribution < 1.29 is 19.1 Å². The molecule has 0 saturated carbocycles. The molecule has 0 aliphatic carbocycles. The highest BCUT2D eigenvalue weighted by Gasteiger charge is 2.21. The maximum Gasteiger partial charge on any atom is 0.360 e. The van der Waals surface area contributed by atoms with E-state index in [2.05, 4.69) is 20.4 Å².